The molecule has 7 nitrogen and oxygen atoms in total. The zero-order valence-electron chi connectivity index (χ0n) is 17.7. The molecule has 10 heteroatoms. The largest absolute Gasteiger partial charge is 0.481 e. The number of carbonyl (C=O) groups excluding carboxylic acids is 2. The van der Waals surface area contributed by atoms with Gasteiger partial charge in [0, 0.05) is 10.0 Å². The number of carboxylic acids is 1. The van der Waals surface area contributed by atoms with E-state index in [4.69, 9.17) is 22.1 Å². The van der Waals surface area contributed by atoms with Crippen molar-refractivity contribution in [2.45, 2.75) is 38.5 Å². The highest BCUT2D eigenvalue weighted by atomic mass is 79.9. The molecule has 1 heterocycles. The molecule has 0 radical (unpaired) electrons. The molecule has 4 aliphatic carbocycles. The van der Waals surface area contributed by atoms with E-state index in [2.05, 4.69) is 21.4 Å². The Morgan fingerprint density at radius 3 is 2.48 bits per heavy atom. The highest BCUT2D eigenvalue weighted by molar-refractivity contribution is 9.10. The predicted molar refractivity (Wildman–Crippen MR) is 131 cm³/mol. The summed E-state index contributed by atoms with van der Waals surface area (Å²) in [5.74, 6) is 0.613. The van der Waals surface area contributed by atoms with E-state index in [1.54, 1.807) is 24.3 Å². The SMILES string of the molecule is O=C(O)COc1ccc(Br)cc1/C=C1/SC(=S)N(NC(=O)C23CC4CC(CC(C4)C2)C3)C1=O. The fourth-order valence-electron chi connectivity index (χ4n) is 6.22. The molecule has 0 atom stereocenters. The molecule has 5 fully saturated rings. The van der Waals surface area contributed by atoms with Gasteiger partial charge in [-0.05, 0) is 92.8 Å². The second-order valence-electron chi connectivity index (χ2n) is 9.52. The first-order chi connectivity index (χ1) is 15.7. The van der Waals surface area contributed by atoms with E-state index < -0.39 is 18.5 Å². The summed E-state index contributed by atoms with van der Waals surface area (Å²) >= 11 is 9.90. The van der Waals surface area contributed by atoms with Gasteiger partial charge in [0.2, 0.25) is 5.91 Å². The number of hydrogen-bond acceptors (Lipinski definition) is 6. The van der Waals surface area contributed by atoms with Crippen LogP contribution in [0.2, 0.25) is 0 Å². The number of benzene rings is 1. The van der Waals surface area contributed by atoms with Crippen molar-refractivity contribution in [1.29, 1.82) is 0 Å². The second-order valence-corrected chi connectivity index (χ2v) is 12.1. The molecule has 0 aromatic heterocycles. The van der Waals surface area contributed by atoms with E-state index in [9.17, 15) is 14.4 Å². The van der Waals surface area contributed by atoms with Crippen LogP contribution in [0.1, 0.15) is 44.1 Å². The van der Waals surface area contributed by atoms with Crippen LogP contribution in [-0.2, 0) is 14.4 Å². The number of hydrazine groups is 1. The summed E-state index contributed by atoms with van der Waals surface area (Å²) in [6.45, 7) is -0.495. The Morgan fingerprint density at radius 1 is 1.24 bits per heavy atom. The molecule has 6 rings (SSSR count). The number of amides is 2. The lowest BCUT2D eigenvalue weighted by atomic mass is 9.49. The molecule has 33 heavy (non-hydrogen) atoms. The molecule has 1 aromatic carbocycles. The first-order valence-corrected chi connectivity index (χ1v) is 13.0. The summed E-state index contributed by atoms with van der Waals surface area (Å²) in [5, 5.41) is 10.1. The molecule has 174 valence electrons. The molecule has 0 spiro atoms. The molecule has 2 N–H and O–H groups in total. The Kier molecular flexibility index (Phi) is 6.03. The molecule has 5 aliphatic rings. The quantitative estimate of drug-likeness (QED) is 0.401. The molecule has 1 aliphatic heterocycles. The van der Waals surface area contributed by atoms with Crippen molar-refractivity contribution in [3.8, 4) is 5.75 Å². The van der Waals surface area contributed by atoms with Crippen molar-refractivity contribution in [1.82, 2.24) is 10.4 Å². The topological polar surface area (TPSA) is 95.9 Å². The number of rotatable bonds is 6. The summed E-state index contributed by atoms with van der Waals surface area (Å²) in [7, 11) is 0. The number of ether oxygens (including phenoxy) is 1. The monoisotopic (exact) mass is 550 g/mol. The van der Waals surface area contributed by atoms with Crippen LogP contribution in [0, 0.1) is 23.2 Å². The van der Waals surface area contributed by atoms with Crippen molar-refractivity contribution in [2.24, 2.45) is 23.2 Å². The summed E-state index contributed by atoms with van der Waals surface area (Å²) in [4.78, 5) is 37.7. The summed E-state index contributed by atoms with van der Waals surface area (Å²) in [5.41, 5.74) is 3.00. The minimum atomic E-state index is -1.09. The molecule has 4 saturated carbocycles. The summed E-state index contributed by atoms with van der Waals surface area (Å²) in [6, 6.07) is 5.09. The van der Waals surface area contributed by atoms with Gasteiger partial charge in [0.1, 0.15) is 5.75 Å². The van der Waals surface area contributed by atoms with Gasteiger partial charge >= 0.3 is 5.97 Å². The lowest BCUT2D eigenvalue weighted by Crippen LogP contribution is -2.57. The number of halogens is 1. The Balaban J connectivity index is 1.34. The van der Waals surface area contributed by atoms with E-state index >= 15 is 0 Å². The van der Waals surface area contributed by atoms with Gasteiger partial charge in [0.25, 0.3) is 5.91 Å². The van der Waals surface area contributed by atoms with Crippen LogP contribution in [0.5, 0.6) is 5.75 Å². The third kappa shape index (κ3) is 4.44. The molecule has 0 unspecified atom stereocenters. The number of carboxylic acid groups (broad SMARTS) is 1. The molecule has 2 amide bonds. The lowest BCUT2D eigenvalue weighted by Gasteiger charge is -2.55. The number of nitrogens with zero attached hydrogens (tertiary/aromatic N) is 1. The maximum atomic E-state index is 13.4. The standard InChI is InChI=1S/C23H23BrN2O5S2/c24-16-1-2-17(31-11-19(27)28)15(6-16)7-18-20(29)26(22(32)33-18)25-21(30)23-8-12-3-13(9-23)5-14(4-12)10-23/h1-2,6-7,12-14H,3-5,8-11H2,(H,25,30)(H,27,28)/b18-7+. The Bertz CT molecular complexity index is 1050. The molecule has 1 saturated heterocycles. The van der Waals surface area contributed by atoms with Gasteiger partial charge in [0.15, 0.2) is 10.9 Å². The Hall–Kier alpha value is -1.91. The number of thiocarbonyl (C=S) groups is 1. The van der Waals surface area contributed by atoms with Gasteiger partial charge in [-0.1, -0.05) is 27.7 Å². The Morgan fingerprint density at radius 2 is 1.88 bits per heavy atom. The van der Waals surface area contributed by atoms with E-state index in [-0.39, 0.29) is 15.6 Å². The maximum Gasteiger partial charge on any atom is 0.341 e. The van der Waals surface area contributed by atoms with Gasteiger partial charge in [-0.3, -0.25) is 15.0 Å². The zero-order chi connectivity index (χ0) is 23.3. The van der Waals surface area contributed by atoms with Crippen LogP contribution in [0.4, 0.5) is 0 Å². The van der Waals surface area contributed by atoms with Crippen LogP contribution < -0.4 is 10.2 Å². The number of nitrogens with one attached hydrogen (secondary N) is 1. The second kappa shape index (κ2) is 8.70. The van der Waals surface area contributed by atoms with Gasteiger partial charge in [0.05, 0.1) is 10.3 Å². The highest BCUT2D eigenvalue weighted by Crippen LogP contribution is 2.60. The van der Waals surface area contributed by atoms with Crippen molar-refractivity contribution < 1.29 is 24.2 Å². The van der Waals surface area contributed by atoms with E-state index in [0.717, 1.165) is 35.5 Å². The summed E-state index contributed by atoms with van der Waals surface area (Å²) in [6.07, 6.45) is 8.01. The first-order valence-electron chi connectivity index (χ1n) is 11.0. The predicted octanol–water partition coefficient (Wildman–Crippen LogP) is 4.36. The van der Waals surface area contributed by atoms with Crippen LogP contribution in [-0.4, -0.2) is 38.8 Å². The molecule has 4 bridgehead atoms. The van der Waals surface area contributed by atoms with Crippen molar-refractivity contribution in [2.75, 3.05) is 6.61 Å². The van der Waals surface area contributed by atoms with Gasteiger partial charge in [-0.2, -0.15) is 5.01 Å². The van der Waals surface area contributed by atoms with Crippen molar-refractivity contribution in [3.63, 3.8) is 0 Å². The Labute approximate surface area is 209 Å². The minimum Gasteiger partial charge on any atom is -0.481 e. The first kappa shape index (κ1) is 22.9. The third-order valence-corrected chi connectivity index (χ3v) is 8.93. The zero-order valence-corrected chi connectivity index (χ0v) is 20.9. The fourth-order valence-corrected chi connectivity index (χ4v) is 7.77. The van der Waals surface area contributed by atoms with E-state index in [0.29, 0.717) is 34.0 Å². The van der Waals surface area contributed by atoms with Gasteiger partial charge < -0.3 is 9.84 Å². The fraction of sp³-hybridized carbons (Fsp3) is 0.478. The number of hydrogen-bond donors (Lipinski definition) is 2. The van der Waals surface area contributed by atoms with Crippen LogP contribution in [0.25, 0.3) is 6.08 Å². The van der Waals surface area contributed by atoms with Crippen LogP contribution in [0.3, 0.4) is 0 Å². The summed E-state index contributed by atoms with van der Waals surface area (Å²) < 4.78 is 6.38. The van der Waals surface area contributed by atoms with Crippen LogP contribution in [0.15, 0.2) is 27.6 Å². The number of carbonyl (C=O) groups is 3. The highest BCUT2D eigenvalue weighted by Gasteiger charge is 2.55. The minimum absolute atomic E-state index is 0.0907. The average molecular weight is 551 g/mol. The normalized spacial score (nSPS) is 31.4. The van der Waals surface area contributed by atoms with E-state index in [1.165, 1.54) is 24.3 Å². The third-order valence-electron chi connectivity index (χ3n) is 7.14. The smallest absolute Gasteiger partial charge is 0.341 e. The van der Waals surface area contributed by atoms with Gasteiger partial charge in [-0.15, -0.1) is 0 Å². The molecular formula is C23H23BrN2O5S2. The average Bonchev–Trinajstić information content (AvgIpc) is 2.99. The van der Waals surface area contributed by atoms with Crippen molar-refractivity contribution >= 4 is 68.1 Å². The maximum absolute atomic E-state index is 13.4. The number of thioether (sulfide) groups is 1. The van der Waals surface area contributed by atoms with Crippen molar-refractivity contribution in [3.05, 3.63) is 33.1 Å². The van der Waals surface area contributed by atoms with Crippen LogP contribution >= 0.6 is 39.9 Å². The molecular weight excluding hydrogens is 528 g/mol. The lowest BCUT2D eigenvalue weighted by molar-refractivity contribution is -0.152. The van der Waals surface area contributed by atoms with Gasteiger partial charge in [-0.25, -0.2) is 4.79 Å². The van der Waals surface area contributed by atoms with E-state index in [1.807, 2.05) is 0 Å². The number of aliphatic carboxylic acids is 1. The molecule has 1 aromatic rings.